The van der Waals surface area contributed by atoms with Crippen LogP contribution in [0.2, 0.25) is 0 Å². The first kappa shape index (κ1) is 15.9. The Balaban J connectivity index is 1.93. The summed E-state index contributed by atoms with van der Waals surface area (Å²) in [6.45, 7) is 6.42. The predicted octanol–water partition coefficient (Wildman–Crippen LogP) is 3.72. The van der Waals surface area contributed by atoms with Gasteiger partial charge in [-0.15, -0.1) is 0 Å². The third kappa shape index (κ3) is 3.99. The number of amides is 1. The SMILES string of the molecule is Cc1ccc(C)c(OCC(=O)N(C)C2CCCCC2C)c1. The lowest BCUT2D eigenvalue weighted by Gasteiger charge is -2.36. The molecule has 0 N–H and O–H groups in total. The van der Waals surface area contributed by atoms with E-state index in [1.165, 1.54) is 19.3 Å². The number of carbonyl (C=O) groups is 1. The van der Waals surface area contributed by atoms with E-state index in [9.17, 15) is 4.79 Å². The van der Waals surface area contributed by atoms with Crippen molar-refractivity contribution in [2.24, 2.45) is 5.92 Å². The fourth-order valence-electron chi connectivity index (χ4n) is 3.16. The molecule has 0 radical (unpaired) electrons. The zero-order chi connectivity index (χ0) is 15.4. The molecule has 1 aromatic rings. The Morgan fingerprint density at radius 3 is 2.71 bits per heavy atom. The molecule has 1 aliphatic rings. The average Bonchev–Trinajstić information content (AvgIpc) is 2.47. The van der Waals surface area contributed by atoms with Crippen molar-refractivity contribution in [3.05, 3.63) is 29.3 Å². The minimum absolute atomic E-state index is 0.0784. The summed E-state index contributed by atoms with van der Waals surface area (Å²) < 4.78 is 5.74. The van der Waals surface area contributed by atoms with E-state index < -0.39 is 0 Å². The van der Waals surface area contributed by atoms with Gasteiger partial charge >= 0.3 is 0 Å². The number of ether oxygens (including phenoxy) is 1. The second-order valence-electron chi connectivity index (χ2n) is 6.39. The molecule has 116 valence electrons. The zero-order valence-corrected chi connectivity index (χ0v) is 13.7. The van der Waals surface area contributed by atoms with Crippen molar-refractivity contribution in [2.45, 2.75) is 52.5 Å². The maximum atomic E-state index is 12.4. The van der Waals surface area contributed by atoms with Crippen molar-refractivity contribution in [3.8, 4) is 5.75 Å². The monoisotopic (exact) mass is 289 g/mol. The van der Waals surface area contributed by atoms with Gasteiger partial charge in [0, 0.05) is 13.1 Å². The number of benzene rings is 1. The summed E-state index contributed by atoms with van der Waals surface area (Å²) in [6, 6.07) is 6.45. The molecule has 0 bridgehead atoms. The predicted molar refractivity (Wildman–Crippen MR) is 85.6 cm³/mol. The Morgan fingerprint density at radius 1 is 1.29 bits per heavy atom. The third-order valence-corrected chi connectivity index (χ3v) is 4.65. The molecule has 0 spiro atoms. The molecule has 21 heavy (non-hydrogen) atoms. The summed E-state index contributed by atoms with van der Waals surface area (Å²) in [7, 11) is 1.92. The van der Waals surface area contributed by atoms with Gasteiger partial charge in [-0.05, 0) is 49.8 Å². The highest BCUT2D eigenvalue weighted by atomic mass is 16.5. The molecule has 1 amide bonds. The van der Waals surface area contributed by atoms with Crippen molar-refractivity contribution in [1.29, 1.82) is 0 Å². The number of hydrogen-bond acceptors (Lipinski definition) is 2. The molecular formula is C18H27NO2. The molecule has 0 aromatic heterocycles. The van der Waals surface area contributed by atoms with Gasteiger partial charge in [0.15, 0.2) is 6.61 Å². The molecule has 2 atom stereocenters. The van der Waals surface area contributed by atoms with E-state index in [-0.39, 0.29) is 12.5 Å². The van der Waals surface area contributed by atoms with Crippen LogP contribution in [0.4, 0.5) is 0 Å². The molecule has 3 nitrogen and oxygen atoms in total. The van der Waals surface area contributed by atoms with Crippen molar-refractivity contribution in [1.82, 2.24) is 4.90 Å². The van der Waals surface area contributed by atoms with Crippen LogP contribution in [0.25, 0.3) is 0 Å². The van der Waals surface area contributed by atoms with Gasteiger partial charge in [-0.1, -0.05) is 31.9 Å². The second kappa shape index (κ2) is 6.97. The number of nitrogens with zero attached hydrogens (tertiary/aromatic N) is 1. The first-order chi connectivity index (χ1) is 9.99. The quantitative estimate of drug-likeness (QED) is 0.845. The summed E-state index contributed by atoms with van der Waals surface area (Å²) in [5.41, 5.74) is 2.22. The van der Waals surface area contributed by atoms with E-state index in [1.54, 1.807) is 0 Å². The van der Waals surface area contributed by atoms with Crippen molar-refractivity contribution >= 4 is 5.91 Å². The Bertz CT molecular complexity index is 498. The largest absolute Gasteiger partial charge is 0.483 e. The summed E-state index contributed by atoms with van der Waals surface area (Å²) >= 11 is 0. The highest BCUT2D eigenvalue weighted by Gasteiger charge is 2.27. The minimum atomic E-state index is 0.0784. The number of carbonyl (C=O) groups excluding carboxylic acids is 1. The molecule has 1 fully saturated rings. The zero-order valence-electron chi connectivity index (χ0n) is 13.7. The molecule has 2 unspecified atom stereocenters. The Morgan fingerprint density at radius 2 is 2.00 bits per heavy atom. The van der Waals surface area contributed by atoms with Crippen LogP contribution in [0, 0.1) is 19.8 Å². The van der Waals surface area contributed by atoms with Crippen LogP contribution < -0.4 is 4.74 Å². The summed E-state index contributed by atoms with van der Waals surface area (Å²) in [5.74, 6) is 1.48. The minimum Gasteiger partial charge on any atom is -0.483 e. The number of likely N-dealkylation sites (N-methyl/N-ethyl adjacent to an activating group) is 1. The van der Waals surface area contributed by atoms with Gasteiger partial charge in [-0.3, -0.25) is 4.79 Å². The van der Waals surface area contributed by atoms with Crippen molar-refractivity contribution < 1.29 is 9.53 Å². The molecule has 1 aromatic carbocycles. The normalized spacial score (nSPS) is 21.9. The molecule has 3 heteroatoms. The highest BCUT2D eigenvalue weighted by Crippen LogP contribution is 2.27. The number of aryl methyl sites for hydroxylation is 2. The van der Waals surface area contributed by atoms with Gasteiger partial charge in [0.1, 0.15) is 5.75 Å². The van der Waals surface area contributed by atoms with E-state index in [2.05, 4.69) is 13.0 Å². The molecule has 1 saturated carbocycles. The lowest BCUT2D eigenvalue weighted by molar-refractivity contribution is -0.135. The van der Waals surface area contributed by atoms with E-state index in [1.807, 2.05) is 37.9 Å². The lowest BCUT2D eigenvalue weighted by atomic mass is 9.85. The first-order valence-corrected chi connectivity index (χ1v) is 7.94. The van der Waals surface area contributed by atoms with Crippen LogP contribution in [0.3, 0.4) is 0 Å². The topological polar surface area (TPSA) is 29.5 Å². The van der Waals surface area contributed by atoms with Crippen LogP contribution >= 0.6 is 0 Å². The smallest absolute Gasteiger partial charge is 0.260 e. The standard InChI is InChI=1S/C18H27NO2/c1-13-9-10-15(3)17(11-13)21-12-18(20)19(4)16-8-6-5-7-14(16)2/h9-11,14,16H,5-8,12H2,1-4H3. The van der Waals surface area contributed by atoms with Gasteiger partial charge < -0.3 is 9.64 Å². The molecular weight excluding hydrogens is 262 g/mol. The van der Waals surface area contributed by atoms with Gasteiger partial charge in [0.25, 0.3) is 5.91 Å². The fraction of sp³-hybridized carbons (Fsp3) is 0.611. The van der Waals surface area contributed by atoms with Gasteiger partial charge in [-0.2, -0.15) is 0 Å². The van der Waals surface area contributed by atoms with Crippen LogP contribution in [0.15, 0.2) is 18.2 Å². The Labute approximate surface area is 128 Å². The van der Waals surface area contributed by atoms with Gasteiger partial charge in [-0.25, -0.2) is 0 Å². The number of rotatable bonds is 4. The van der Waals surface area contributed by atoms with Crippen LogP contribution in [0.5, 0.6) is 5.75 Å². The van der Waals surface area contributed by atoms with Crippen LogP contribution in [-0.2, 0) is 4.79 Å². The highest BCUT2D eigenvalue weighted by molar-refractivity contribution is 5.78. The molecule has 0 heterocycles. The van der Waals surface area contributed by atoms with Crippen molar-refractivity contribution in [2.75, 3.05) is 13.7 Å². The maximum absolute atomic E-state index is 12.4. The summed E-state index contributed by atoms with van der Waals surface area (Å²) in [5, 5.41) is 0. The summed E-state index contributed by atoms with van der Waals surface area (Å²) in [4.78, 5) is 14.3. The van der Waals surface area contributed by atoms with Crippen molar-refractivity contribution in [3.63, 3.8) is 0 Å². The fourth-order valence-corrected chi connectivity index (χ4v) is 3.16. The average molecular weight is 289 g/mol. The Hall–Kier alpha value is -1.51. The molecule has 0 saturated heterocycles. The van der Waals surface area contributed by atoms with Crippen LogP contribution in [-0.4, -0.2) is 30.5 Å². The lowest BCUT2D eigenvalue weighted by Crippen LogP contribution is -2.44. The van der Waals surface area contributed by atoms with E-state index >= 15 is 0 Å². The third-order valence-electron chi connectivity index (χ3n) is 4.65. The van der Waals surface area contributed by atoms with Gasteiger partial charge in [0.05, 0.1) is 0 Å². The molecule has 2 rings (SSSR count). The first-order valence-electron chi connectivity index (χ1n) is 7.94. The summed E-state index contributed by atoms with van der Waals surface area (Å²) in [6.07, 6.45) is 4.86. The van der Waals surface area contributed by atoms with Crippen LogP contribution in [0.1, 0.15) is 43.7 Å². The van der Waals surface area contributed by atoms with E-state index in [4.69, 9.17) is 4.74 Å². The molecule has 1 aliphatic carbocycles. The van der Waals surface area contributed by atoms with E-state index in [0.29, 0.717) is 12.0 Å². The van der Waals surface area contributed by atoms with Gasteiger partial charge in [0.2, 0.25) is 0 Å². The number of hydrogen-bond donors (Lipinski definition) is 0. The molecule has 0 aliphatic heterocycles. The van der Waals surface area contributed by atoms with E-state index in [0.717, 1.165) is 23.3 Å². The maximum Gasteiger partial charge on any atom is 0.260 e. The second-order valence-corrected chi connectivity index (χ2v) is 6.39. The Kier molecular flexibility index (Phi) is 5.27.